The highest BCUT2D eigenvalue weighted by molar-refractivity contribution is 5.88. The number of hydrogen-bond donors (Lipinski definition) is 3. The minimum atomic E-state index is -0.159. The van der Waals surface area contributed by atoms with E-state index in [1.165, 1.54) is 9.91 Å². The zero-order valence-corrected chi connectivity index (χ0v) is 15.8. The van der Waals surface area contributed by atoms with Crippen molar-refractivity contribution in [3.05, 3.63) is 35.9 Å². The third-order valence-corrected chi connectivity index (χ3v) is 4.54. The minimum Gasteiger partial charge on any atom is -0.497 e. The molecule has 2 amide bonds. The highest BCUT2D eigenvalue weighted by Gasteiger charge is 2.22. The van der Waals surface area contributed by atoms with E-state index in [1.807, 2.05) is 30.3 Å². The van der Waals surface area contributed by atoms with E-state index in [4.69, 9.17) is 4.74 Å². The van der Waals surface area contributed by atoms with Gasteiger partial charge in [-0.2, -0.15) is 0 Å². The van der Waals surface area contributed by atoms with E-state index in [2.05, 4.69) is 24.6 Å². The van der Waals surface area contributed by atoms with Gasteiger partial charge in [-0.25, -0.2) is 5.01 Å². The van der Waals surface area contributed by atoms with Crippen molar-refractivity contribution in [2.45, 2.75) is 20.3 Å². The smallest absolute Gasteiger partial charge is 0.245 e. The summed E-state index contributed by atoms with van der Waals surface area (Å²) < 4.78 is 5.16. The summed E-state index contributed by atoms with van der Waals surface area (Å²) in [6, 6.07) is 7.55. The van der Waals surface area contributed by atoms with Gasteiger partial charge in [0, 0.05) is 6.42 Å². The van der Waals surface area contributed by atoms with E-state index in [0.717, 1.165) is 36.6 Å². The number of carbonyl (C=O) groups excluding carboxylic acids is 2. The number of likely N-dealkylation sites (N-methyl/N-ethyl adjacent to an activating group) is 1. The van der Waals surface area contributed by atoms with Gasteiger partial charge in [0.1, 0.15) is 12.3 Å². The van der Waals surface area contributed by atoms with Gasteiger partial charge in [0.2, 0.25) is 11.8 Å². The van der Waals surface area contributed by atoms with Crippen molar-refractivity contribution in [3.63, 3.8) is 0 Å². The lowest BCUT2D eigenvalue weighted by molar-refractivity contribution is -0.895. The van der Waals surface area contributed by atoms with E-state index in [0.29, 0.717) is 6.54 Å². The second-order valence-corrected chi connectivity index (χ2v) is 6.20. The van der Waals surface area contributed by atoms with Gasteiger partial charge < -0.3 is 15.0 Å². The van der Waals surface area contributed by atoms with Crippen molar-refractivity contribution >= 4 is 17.5 Å². The maximum Gasteiger partial charge on any atom is 0.245 e. The van der Waals surface area contributed by atoms with Gasteiger partial charge in [-0.3, -0.25) is 15.0 Å². The zero-order chi connectivity index (χ0) is 18.9. The fraction of sp³-hybridized carbons (Fsp3) is 0.474. The molecule has 0 unspecified atom stereocenters. The topological polar surface area (TPSA) is 75.1 Å². The summed E-state index contributed by atoms with van der Waals surface area (Å²) in [5.41, 5.74) is 4.80. The Labute approximate surface area is 155 Å². The third-order valence-electron chi connectivity index (χ3n) is 4.54. The molecule has 0 fully saturated rings. The predicted molar refractivity (Wildman–Crippen MR) is 100 cm³/mol. The standard InChI is InChI=1S/C19H28N4O3/c1-4-22(5-2)13-12-20-18(24)14-23-19(25)11-10-17(21-23)15-6-8-16(26-3)9-7-15/h6-10,21H,4-5,11-14H2,1-3H3,(H,20,24)/p+1. The van der Waals surface area contributed by atoms with Crippen LogP contribution >= 0.6 is 0 Å². The molecule has 1 aliphatic heterocycles. The number of ether oxygens (including phenoxy) is 1. The Morgan fingerprint density at radius 1 is 1.27 bits per heavy atom. The molecule has 0 atom stereocenters. The highest BCUT2D eigenvalue weighted by Crippen LogP contribution is 2.20. The van der Waals surface area contributed by atoms with E-state index in [9.17, 15) is 9.59 Å². The molecule has 1 aromatic rings. The summed E-state index contributed by atoms with van der Waals surface area (Å²) in [6.45, 7) is 7.83. The maximum atomic E-state index is 12.2. The molecular weight excluding hydrogens is 332 g/mol. The van der Waals surface area contributed by atoms with Crippen molar-refractivity contribution in [1.29, 1.82) is 0 Å². The van der Waals surface area contributed by atoms with E-state index >= 15 is 0 Å². The van der Waals surface area contributed by atoms with E-state index in [1.54, 1.807) is 7.11 Å². The molecule has 0 spiro atoms. The summed E-state index contributed by atoms with van der Waals surface area (Å²) in [6.07, 6.45) is 2.10. The van der Waals surface area contributed by atoms with Crippen LogP contribution in [0.15, 0.2) is 30.3 Å². The number of hydrazine groups is 1. The first-order valence-electron chi connectivity index (χ1n) is 9.09. The molecule has 142 valence electrons. The van der Waals surface area contributed by atoms with Gasteiger partial charge in [0.15, 0.2) is 0 Å². The Bertz CT molecular complexity index is 639. The molecule has 3 N–H and O–H groups in total. The lowest BCUT2D eigenvalue weighted by atomic mass is 10.1. The number of hydrogen-bond acceptors (Lipinski definition) is 4. The van der Waals surface area contributed by atoms with Gasteiger partial charge in [-0.05, 0) is 49.8 Å². The van der Waals surface area contributed by atoms with Gasteiger partial charge in [0.25, 0.3) is 0 Å². The Hall–Kier alpha value is -2.54. The van der Waals surface area contributed by atoms with Gasteiger partial charge in [-0.15, -0.1) is 0 Å². The first kappa shape index (κ1) is 19.8. The average Bonchev–Trinajstić information content (AvgIpc) is 2.67. The number of quaternary nitrogens is 1. The molecule has 0 bridgehead atoms. The fourth-order valence-corrected chi connectivity index (χ4v) is 2.82. The van der Waals surface area contributed by atoms with Crippen LogP contribution in [-0.2, 0) is 9.59 Å². The largest absolute Gasteiger partial charge is 0.497 e. The summed E-state index contributed by atoms with van der Waals surface area (Å²) in [4.78, 5) is 25.7. The molecule has 0 saturated heterocycles. The summed E-state index contributed by atoms with van der Waals surface area (Å²) >= 11 is 0. The van der Waals surface area contributed by atoms with Crippen LogP contribution in [0.2, 0.25) is 0 Å². The van der Waals surface area contributed by atoms with Gasteiger partial charge in [-0.1, -0.05) is 0 Å². The summed E-state index contributed by atoms with van der Waals surface area (Å²) in [5, 5.41) is 4.26. The van der Waals surface area contributed by atoms with Crippen LogP contribution in [0.3, 0.4) is 0 Å². The SMILES string of the molecule is CC[NH+](CC)CCNC(=O)CN1NC(c2ccc(OC)cc2)=CCC1=O. The second kappa shape index (κ2) is 9.82. The lowest BCUT2D eigenvalue weighted by Gasteiger charge is -2.29. The van der Waals surface area contributed by atoms with Crippen molar-refractivity contribution < 1.29 is 19.2 Å². The van der Waals surface area contributed by atoms with Crippen LogP contribution in [0.5, 0.6) is 5.75 Å². The van der Waals surface area contributed by atoms with Crippen LogP contribution in [-0.4, -0.2) is 56.7 Å². The molecule has 1 aliphatic rings. The van der Waals surface area contributed by atoms with Crippen molar-refractivity contribution in [2.24, 2.45) is 0 Å². The Morgan fingerprint density at radius 3 is 2.58 bits per heavy atom. The van der Waals surface area contributed by atoms with Gasteiger partial charge in [0.05, 0.1) is 39.0 Å². The summed E-state index contributed by atoms with van der Waals surface area (Å²) in [7, 11) is 1.62. The Morgan fingerprint density at radius 2 is 1.96 bits per heavy atom. The molecular formula is C19H29N4O3+. The molecule has 7 heteroatoms. The van der Waals surface area contributed by atoms with Crippen LogP contribution in [0.4, 0.5) is 0 Å². The van der Waals surface area contributed by atoms with Crippen LogP contribution in [0.25, 0.3) is 5.70 Å². The maximum absolute atomic E-state index is 12.2. The number of rotatable bonds is 9. The van der Waals surface area contributed by atoms with Crippen LogP contribution < -0.4 is 20.4 Å². The number of amides is 2. The van der Waals surface area contributed by atoms with Crippen LogP contribution in [0, 0.1) is 0 Å². The average molecular weight is 361 g/mol. The fourth-order valence-electron chi connectivity index (χ4n) is 2.82. The first-order valence-corrected chi connectivity index (χ1v) is 9.09. The van der Waals surface area contributed by atoms with Crippen LogP contribution in [0.1, 0.15) is 25.8 Å². The predicted octanol–water partition coefficient (Wildman–Crippen LogP) is -0.186. The van der Waals surface area contributed by atoms with E-state index < -0.39 is 0 Å². The summed E-state index contributed by atoms with van der Waals surface area (Å²) in [5.74, 6) is 0.493. The molecule has 1 heterocycles. The van der Waals surface area contributed by atoms with E-state index in [-0.39, 0.29) is 24.8 Å². The molecule has 0 aliphatic carbocycles. The normalized spacial score (nSPS) is 14.1. The number of benzene rings is 1. The Kier molecular flexibility index (Phi) is 7.47. The first-order chi connectivity index (χ1) is 12.6. The third kappa shape index (κ3) is 5.49. The zero-order valence-electron chi connectivity index (χ0n) is 15.8. The molecule has 0 saturated carbocycles. The number of nitrogens with zero attached hydrogens (tertiary/aromatic N) is 1. The van der Waals surface area contributed by atoms with Crippen molar-refractivity contribution in [1.82, 2.24) is 15.8 Å². The molecule has 26 heavy (non-hydrogen) atoms. The highest BCUT2D eigenvalue weighted by atomic mass is 16.5. The molecule has 0 radical (unpaired) electrons. The molecule has 2 rings (SSSR count). The quantitative estimate of drug-likeness (QED) is 0.570. The molecule has 0 aromatic heterocycles. The minimum absolute atomic E-state index is 0.0000879. The van der Waals surface area contributed by atoms with Gasteiger partial charge >= 0.3 is 0 Å². The lowest BCUT2D eigenvalue weighted by Crippen LogP contribution is -3.12. The number of nitrogens with one attached hydrogen (secondary N) is 3. The monoisotopic (exact) mass is 361 g/mol. The second-order valence-electron chi connectivity index (χ2n) is 6.20. The Balaban J connectivity index is 1.88. The molecule has 7 nitrogen and oxygen atoms in total. The number of carbonyl (C=O) groups is 2. The van der Waals surface area contributed by atoms with Crippen molar-refractivity contribution in [2.75, 3.05) is 39.8 Å². The number of methoxy groups -OCH3 is 1. The molecule has 1 aromatic carbocycles. The van der Waals surface area contributed by atoms with Crippen molar-refractivity contribution in [3.8, 4) is 5.75 Å².